The lowest BCUT2D eigenvalue weighted by Crippen LogP contribution is -2.45. The van der Waals surface area contributed by atoms with Gasteiger partial charge in [-0.2, -0.15) is 0 Å². The van der Waals surface area contributed by atoms with Gasteiger partial charge >= 0.3 is 11.9 Å². The Bertz CT molecular complexity index is 705. The van der Waals surface area contributed by atoms with Gasteiger partial charge in [0.15, 0.2) is 6.10 Å². The van der Waals surface area contributed by atoms with Crippen LogP contribution in [0.15, 0.2) is 48.5 Å². The van der Waals surface area contributed by atoms with E-state index >= 15 is 0 Å². The fourth-order valence-corrected chi connectivity index (χ4v) is 1.92. The first-order valence-electron chi connectivity index (χ1n) is 7.29. The van der Waals surface area contributed by atoms with Gasteiger partial charge in [0.2, 0.25) is 6.10 Å². The largest absolute Gasteiger partial charge is 0.478 e. The summed E-state index contributed by atoms with van der Waals surface area (Å²) in [5.41, 5.74) is 1.94. The van der Waals surface area contributed by atoms with Gasteiger partial charge in [-0.15, -0.1) is 0 Å². The lowest BCUT2D eigenvalue weighted by molar-refractivity contribution is -0.162. The number of aliphatic hydroxyl groups excluding tert-OH is 1. The summed E-state index contributed by atoms with van der Waals surface area (Å²) in [5, 5.41) is 19.2. The Hall–Kier alpha value is -2.86. The van der Waals surface area contributed by atoms with E-state index in [1.807, 2.05) is 13.8 Å². The Morgan fingerprint density at radius 2 is 1.33 bits per heavy atom. The van der Waals surface area contributed by atoms with Crippen molar-refractivity contribution in [3.63, 3.8) is 0 Å². The summed E-state index contributed by atoms with van der Waals surface area (Å²) in [4.78, 5) is 23.3. The molecule has 0 aliphatic heterocycles. The molecule has 2 aromatic carbocycles. The number of aliphatic hydroxyl groups is 1. The van der Waals surface area contributed by atoms with Gasteiger partial charge in [-0.1, -0.05) is 35.4 Å². The Balaban J connectivity index is 2.08. The topological polar surface area (TPSA) is 93.1 Å². The zero-order valence-electron chi connectivity index (χ0n) is 13.3. The Labute approximate surface area is 139 Å². The van der Waals surface area contributed by atoms with E-state index in [-0.39, 0.29) is 11.5 Å². The van der Waals surface area contributed by atoms with Gasteiger partial charge in [0.1, 0.15) is 11.5 Å². The summed E-state index contributed by atoms with van der Waals surface area (Å²) >= 11 is 0. The number of carboxylic acids is 1. The molecule has 0 aromatic heterocycles. The number of hydrogen-bond donors (Lipinski definition) is 2. The molecule has 0 aliphatic carbocycles. The predicted octanol–water partition coefficient (Wildman–Crippen LogP) is 2.10. The number of benzene rings is 2. The maximum atomic E-state index is 12.0. The molecule has 2 N–H and O–H groups in total. The van der Waals surface area contributed by atoms with Crippen molar-refractivity contribution in [3.8, 4) is 11.5 Å². The van der Waals surface area contributed by atoms with E-state index in [4.69, 9.17) is 9.47 Å². The molecule has 2 atom stereocenters. The molecule has 0 heterocycles. The van der Waals surface area contributed by atoms with Crippen molar-refractivity contribution in [2.45, 2.75) is 26.1 Å². The van der Waals surface area contributed by atoms with E-state index in [1.54, 1.807) is 48.5 Å². The fraction of sp³-hybridized carbons (Fsp3) is 0.222. The fourth-order valence-electron chi connectivity index (χ4n) is 1.92. The second-order valence-corrected chi connectivity index (χ2v) is 5.37. The zero-order chi connectivity index (χ0) is 17.7. The molecule has 0 bridgehead atoms. The first-order valence-corrected chi connectivity index (χ1v) is 7.29. The summed E-state index contributed by atoms with van der Waals surface area (Å²) in [7, 11) is 0. The molecule has 24 heavy (non-hydrogen) atoms. The minimum absolute atomic E-state index is 0.212. The van der Waals surface area contributed by atoms with Crippen LogP contribution in [0.3, 0.4) is 0 Å². The maximum absolute atomic E-state index is 12.0. The molecule has 126 valence electrons. The van der Waals surface area contributed by atoms with Crippen LogP contribution >= 0.6 is 0 Å². The van der Waals surface area contributed by atoms with Crippen molar-refractivity contribution < 1.29 is 29.3 Å². The molecule has 0 amide bonds. The molecule has 0 aliphatic rings. The Morgan fingerprint density at radius 3 is 1.79 bits per heavy atom. The second-order valence-electron chi connectivity index (χ2n) is 5.37. The van der Waals surface area contributed by atoms with Gasteiger partial charge < -0.3 is 19.7 Å². The van der Waals surface area contributed by atoms with Crippen molar-refractivity contribution in [3.05, 3.63) is 59.7 Å². The highest BCUT2D eigenvalue weighted by atomic mass is 16.6. The van der Waals surface area contributed by atoms with Gasteiger partial charge in [0, 0.05) is 0 Å². The number of carbonyl (C=O) groups is 2. The molecule has 0 spiro atoms. The van der Waals surface area contributed by atoms with Crippen molar-refractivity contribution in [1.29, 1.82) is 0 Å². The smallest absolute Gasteiger partial charge is 0.348 e. The van der Waals surface area contributed by atoms with Gasteiger partial charge in [-0.05, 0) is 38.1 Å². The van der Waals surface area contributed by atoms with Crippen LogP contribution in [-0.4, -0.2) is 34.4 Å². The van der Waals surface area contributed by atoms with Crippen molar-refractivity contribution >= 4 is 11.9 Å². The lowest BCUT2D eigenvalue weighted by Gasteiger charge is -2.19. The molecule has 0 radical (unpaired) electrons. The molecule has 0 saturated heterocycles. The summed E-state index contributed by atoms with van der Waals surface area (Å²) in [5.74, 6) is -2.12. The van der Waals surface area contributed by atoms with Crippen molar-refractivity contribution in [2.75, 3.05) is 0 Å². The number of carboxylic acid groups (broad SMARTS) is 1. The second kappa shape index (κ2) is 7.61. The third-order valence-corrected chi connectivity index (χ3v) is 3.30. The Morgan fingerprint density at radius 1 is 0.875 bits per heavy atom. The van der Waals surface area contributed by atoms with E-state index in [0.717, 1.165) is 11.1 Å². The van der Waals surface area contributed by atoms with Gasteiger partial charge in [-0.3, -0.25) is 0 Å². The molecular formula is C18H18O6. The van der Waals surface area contributed by atoms with E-state index in [2.05, 4.69) is 0 Å². The number of esters is 1. The summed E-state index contributed by atoms with van der Waals surface area (Å²) in [6, 6.07) is 13.1. The molecule has 0 fully saturated rings. The summed E-state index contributed by atoms with van der Waals surface area (Å²) in [6.07, 6.45) is -3.74. The van der Waals surface area contributed by atoms with Gasteiger partial charge in [-0.25, -0.2) is 9.59 Å². The number of aryl methyl sites for hydroxylation is 2. The molecule has 0 saturated carbocycles. The minimum atomic E-state index is -1.97. The number of carbonyl (C=O) groups excluding carboxylic acids is 1. The highest BCUT2D eigenvalue weighted by molar-refractivity contribution is 5.85. The first kappa shape index (κ1) is 17.5. The Kier molecular flexibility index (Phi) is 5.55. The van der Waals surface area contributed by atoms with E-state index in [1.165, 1.54) is 0 Å². The maximum Gasteiger partial charge on any atom is 0.348 e. The average molecular weight is 330 g/mol. The van der Waals surface area contributed by atoms with Crippen molar-refractivity contribution in [2.24, 2.45) is 0 Å². The quantitative estimate of drug-likeness (QED) is 0.622. The van der Waals surface area contributed by atoms with Crippen LogP contribution in [0.2, 0.25) is 0 Å². The normalized spacial score (nSPS) is 13.0. The molecule has 6 nitrogen and oxygen atoms in total. The lowest BCUT2D eigenvalue weighted by atomic mass is 10.2. The molecule has 2 rings (SSSR count). The molecule has 6 heteroatoms. The van der Waals surface area contributed by atoms with Crippen LogP contribution in [0.25, 0.3) is 0 Å². The predicted molar refractivity (Wildman–Crippen MR) is 86.1 cm³/mol. The number of rotatable bonds is 6. The standard InChI is InChI=1S/C18H18O6/c1-11-3-7-13(8-4-11)23-16(17(20)21)15(19)18(22)24-14-9-5-12(2)6-10-14/h3-10,15-16,19H,1-2H3,(H,20,21)/t15-,16-/m0/s1. The molecule has 2 aromatic rings. The zero-order valence-corrected chi connectivity index (χ0v) is 13.3. The van der Waals surface area contributed by atoms with Crippen LogP contribution in [0.4, 0.5) is 0 Å². The summed E-state index contributed by atoms with van der Waals surface area (Å²) < 4.78 is 10.2. The van der Waals surface area contributed by atoms with E-state index < -0.39 is 24.1 Å². The van der Waals surface area contributed by atoms with Gasteiger partial charge in [0.25, 0.3) is 0 Å². The molecule has 0 unspecified atom stereocenters. The SMILES string of the molecule is Cc1ccc(OC(=O)[C@@H](O)[C@H](Oc2ccc(C)cc2)C(=O)O)cc1. The third kappa shape index (κ3) is 4.57. The van der Waals surface area contributed by atoms with Crippen LogP contribution in [0, 0.1) is 13.8 Å². The van der Waals surface area contributed by atoms with E-state index in [0.29, 0.717) is 0 Å². The monoisotopic (exact) mass is 330 g/mol. The van der Waals surface area contributed by atoms with Crippen LogP contribution in [-0.2, 0) is 9.59 Å². The average Bonchev–Trinajstić information content (AvgIpc) is 2.55. The number of aliphatic carboxylic acids is 1. The van der Waals surface area contributed by atoms with Crippen LogP contribution in [0.5, 0.6) is 11.5 Å². The molecular weight excluding hydrogens is 312 g/mol. The van der Waals surface area contributed by atoms with Gasteiger partial charge in [0.05, 0.1) is 0 Å². The first-order chi connectivity index (χ1) is 11.4. The number of ether oxygens (including phenoxy) is 2. The van der Waals surface area contributed by atoms with Crippen LogP contribution in [0.1, 0.15) is 11.1 Å². The minimum Gasteiger partial charge on any atom is -0.478 e. The summed E-state index contributed by atoms with van der Waals surface area (Å²) in [6.45, 7) is 3.74. The van der Waals surface area contributed by atoms with Crippen molar-refractivity contribution in [1.82, 2.24) is 0 Å². The third-order valence-electron chi connectivity index (χ3n) is 3.30. The number of hydrogen-bond acceptors (Lipinski definition) is 5. The van der Waals surface area contributed by atoms with E-state index in [9.17, 15) is 19.8 Å². The highest BCUT2D eigenvalue weighted by Crippen LogP contribution is 2.17. The van der Waals surface area contributed by atoms with Crippen LogP contribution < -0.4 is 9.47 Å². The highest BCUT2D eigenvalue weighted by Gasteiger charge is 2.35.